The smallest absolute Gasteiger partial charge is 0.231 e. The number of hydrogen-bond donors (Lipinski definition) is 0. The standard InChI is InChI=1S/C24H25N3O3S/c1-3-4-9-25-24-27(13-16-5-7-19(28-2)8-6-16)14-18-10-17-11-21-22(30-15-29-21)12-20(17)26-23(18)31-24/h5-8,10-12H,3-4,9,13-15H2,1-2H3. The number of amidine groups is 1. The van der Waals surface area contributed by atoms with Gasteiger partial charge in [-0.3, -0.25) is 4.99 Å². The first kappa shape index (κ1) is 20.0. The van der Waals surface area contributed by atoms with E-state index in [0.29, 0.717) is 0 Å². The molecule has 0 N–H and O–H groups in total. The first-order valence-corrected chi connectivity index (χ1v) is 11.4. The van der Waals surface area contributed by atoms with Crippen molar-refractivity contribution in [2.24, 2.45) is 4.99 Å². The fourth-order valence-electron chi connectivity index (χ4n) is 3.76. The van der Waals surface area contributed by atoms with E-state index < -0.39 is 0 Å². The van der Waals surface area contributed by atoms with Crippen LogP contribution in [0, 0.1) is 0 Å². The van der Waals surface area contributed by atoms with Crippen LogP contribution in [0.4, 0.5) is 0 Å². The molecule has 0 unspecified atom stereocenters. The van der Waals surface area contributed by atoms with Crippen LogP contribution in [0.25, 0.3) is 10.9 Å². The van der Waals surface area contributed by atoms with Crippen LogP contribution in [0.5, 0.6) is 17.2 Å². The second-order valence-electron chi connectivity index (χ2n) is 7.67. The summed E-state index contributed by atoms with van der Waals surface area (Å²) in [5, 5.41) is 3.12. The van der Waals surface area contributed by atoms with Crippen molar-refractivity contribution in [3.8, 4) is 17.2 Å². The van der Waals surface area contributed by atoms with Gasteiger partial charge in [0.15, 0.2) is 16.7 Å². The Labute approximate surface area is 186 Å². The summed E-state index contributed by atoms with van der Waals surface area (Å²) < 4.78 is 16.4. The Balaban J connectivity index is 1.47. The first-order chi connectivity index (χ1) is 15.2. The van der Waals surface area contributed by atoms with E-state index in [0.717, 1.165) is 70.8 Å². The molecule has 0 atom stereocenters. The average molecular weight is 436 g/mol. The monoisotopic (exact) mass is 435 g/mol. The Bertz CT molecular complexity index is 1130. The van der Waals surface area contributed by atoms with E-state index in [-0.39, 0.29) is 6.79 Å². The van der Waals surface area contributed by atoms with Gasteiger partial charge in [0, 0.05) is 36.7 Å². The average Bonchev–Trinajstić information content (AvgIpc) is 3.24. The Hall–Kier alpha value is -2.93. The number of nitrogens with zero attached hydrogens (tertiary/aromatic N) is 3. The lowest BCUT2D eigenvalue weighted by Crippen LogP contribution is -2.32. The number of thioether (sulfide) groups is 1. The van der Waals surface area contributed by atoms with Crippen molar-refractivity contribution in [1.29, 1.82) is 0 Å². The van der Waals surface area contributed by atoms with Crippen molar-refractivity contribution >= 4 is 27.8 Å². The number of ether oxygens (including phenoxy) is 3. The third-order valence-corrected chi connectivity index (χ3v) is 6.58. The predicted molar refractivity (Wildman–Crippen MR) is 123 cm³/mol. The van der Waals surface area contributed by atoms with E-state index in [1.54, 1.807) is 18.9 Å². The number of benzene rings is 2. The molecular formula is C24H25N3O3S. The summed E-state index contributed by atoms with van der Waals surface area (Å²) in [5.41, 5.74) is 3.36. The van der Waals surface area contributed by atoms with Crippen LogP contribution in [0.1, 0.15) is 30.9 Å². The molecule has 2 aliphatic heterocycles. The van der Waals surface area contributed by atoms with Crippen LogP contribution < -0.4 is 14.2 Å². The SMILES string of the molecule is CCCCN=C1Sc2nc3cc4c(cc3cc2CN1Cc1ccc(OC)cc1)OCO4. The van der Waals surface area contributed by atoms with E-state index in [9.17, 15) is 0 Å². The summed E-state index contributed by atoms with van der Waals surface area (Å²) in [6.45, 7) is 4.86. The van der Waals surface area contributed by atoms with Gasteiger partial charge in [0.1, 0.15) is 10.8 Å². The van der Waals surface area contributed by atoms with Gasteiger partial charge < -0.3 is 19.1 Å². The molecule has 0 saturated carbocycles. The van der Waals surface area contributed by atoms with Crippen LogP contribution in [-0.2, 0) is 13.1 Å². The fourth-order valence-corrected chi connectivity index (χ4v) is 4.74. The number of pyridine rings is 1. The number of hydrogen-bond acceptors (Lipinski definition) is 6. The molecular weight excluding hydrogens is 410 g/mol. The van der Waals surface area contributed by atoms with Gasteiger partial charge in [0.05, 0.1) is 12.6 Å². The highest BCUT2D eigenvalue weighted by Crippen LogP contribution is 2.39. The molecule has 0 fully saturated rings. The van der Waals surface area contributed by atoms with Crippen molar-refractivity contribution in [2.75, 3.05) is 20.4 Å². The van der Waals surface area contributed by atoms with E-state index in [4.69, 9.17) is 24.2 Å². The normalized spacial score (nSPS) is 16.1. The molecule has 0 amide bonds. The molecule has 3 aromatic rings. The van der Waals surface area contributed by atoms with Crippen LogP contribution in [0.2, 0.25) is 0 Å². The molecule has 31 heavy (non-hydrogen) atoms. The van der Waals surface area contributed by atoms with E-state index in [2.05, 4.69) is 30.0 Å². The fraction of sp³-hybridized carbons (Fsp3) is 0.333. The lowest BCUT2D eigenvalue weighted by molar-refractivity contribution is 0.174. The quantitative estimate of drug-likeness (QED) is 0.494. The Kier molecular flexibility index (Phi) is 5.59. The van der Waals surface area contributed by atoms with Gasteiger partial charge >= 0.3 is 0 Å². The lowest BCUT2D eigenvalue weighted by Gasteiger charge is -2.31. The maximum atomic E-state index is 5.55. The van der Waals surface area contributed by atoms with Gasteiger partial charge in [-0.2, -0.15) is 0 Å². The number of aromatic nitrogens is 1. The minimum absolute atomic E-state index is 0.268. The molecule has 160 valence electrons. The molecule has 2 aliphatic rings. The zero-order valence-electron chi connectivity index (χ0n) is 17.8. The minimum atomic E-state index is 0.268. The minimum Gasteiger partial charge on any atom is -0.497 e. The highest BCUT2D eigenvalue weighted by atomic mass is 32.2. The first-order valence-electron chi connectivity index (χ1n) is 10.6. The van der Waals surface area contributed by atoms with Crippen LogP contribution in [0.3, 0.4) is 0 Å². The third-order valence-electron chi connectivity index (χ3n) is 5.46. The maximum absolute atomic E-state index is 5.55. The summed E-state index contributed by atoms with van der Waals surface area (Å²) in [4.78, 5) is 12.2. The number of unbranched alkanes of at least 4 members (excludes halogenated alkanes) is 1. The molecule has 7 heteroatoms. The maximum Gasteiger partial charge on any atom is 0.231 e. The second kappa shape index (κ2) is 8.67. The molecule has 3 heterocycles. The molecule has 6 nitrogen and oxygen atoms in total. The number of aliphatic imine (C=N–C) groups is 1. The molecule has 0 aliphatic carbocycles. The summed E-state index contributed by atoms with van der Waals surface area (Å²) in [6, 6.07) is 14.4. The molecule has 0 radical (unpaired) electrons. The summed E-state index contributed by atoms with van der Waals surface area (Å²) in [7, 11) is 1.69. The van der Waals surface area contributed by atoms with Gasteiger partial charge in [-0.15, -0.1) is 0 Å². The molecule has 2 aromatic carbocycles. The highest BCUT2D eigenvalue weighted by molar-refractivity contribution is 8.13. The zero-order valence-corrected chi connectivity index (χ0v) is 18.6. The molecule has 0 saturated heterocycles. The van der Waals surface area contributed by atoms with Gasteiger partial charge in [0.25, 0.3) is 0 Å². The molecule has 5 rings (SSSR count). The number of fused-ring (bicyclic) bond motifs is 3. The van der Waals surface area contributed by atoms with Crippen LogP contribution in [0.15, 0.2) is 52.5 Å². The van der Waals surface area contributed by atoms with Gasteiger partial charge in [-0.1, -0.05) is 25.5 Å². The van der Waals surface area contributed by atoms with Crippen molar-refractivity contribution in [1.82, 2.24) is 9.88 Å². The van der Waals surface area contributed by atoms with Crippen molar-refractivity contribution in [3.63, 3.8) is 0 Å². The highest BCUT2D eigenvalue weighted by Gasteiger charge is 2.25. The summed E-state index contributed by atoms with van der Waals surface area (Å²) in [6.07, 6.45) is 2.22. The number of rotatable bonds is 6. The second-order valence-corrected chi connectivity index (χ2v) is 8.63. The van der Waals surface area contributed by atoms with Crippen molar-refractivity contribution < 1.29 is 14.2 Å². The van der Waals surface area contributed by atoms with Gasteiger partial charge in [-0.25, -0.2) is 4.98 Å². The molecule has 0 bridgehead atoms. The van der Waals surface area contributed by atoms with Crippen molar-refractivity contribution in [3.05, 3.63) is 53.6 Å². The Morgan fingerprint density at radius 2 is 1.94 bits per heavy atom. The predicted octanol–water partition coefficient (Wildman–Crippen LogP) is 5.24. The van der Waals surface area contributed by atoms with E-state index >= 15 is 0 Å². The molecule has 0 spiro atoms. The lowest BCUT2D eigenvalue weighted by atomic mass is 10.1. The van der Waals surface area contributed by atoms with Crippen LogP contribution in [-0.4, -0.2) is 35.5 Å². The zero-order chi connectivity index (χ0) is 21.2. The van der Waals surface area contributed by atoms with Gasteiger partial charge in [0.2, 0.25) is 6.79 Å². The molecule has 1 aromatic heterocycles. The summed E-state index contributed by atoms with van der Waals surface area (Å²) >= 11 is 1.66. The Morgan fingerprint density at radius 1 is 1.13 bits per heavy atom. The van der Waals surface area contributed by atoms with Crippen LogP contribution >= 0.6 is 11.8 Å². The number of methoxy groups -OCH3 is 1. The van der Waals surface area contributed by atoms with E-state index in [1.165, 1.54) is 11.1 Å². The Morgan fingerprint density at radius 3 is 2.71 bits per heavy atom. The van der Waals surface area contributed by atoms with E-state index in [1.807, 2.05) is 24.3 Å². The third kappa shape index (κ3) is 4.14. The topological polar surface area (TPSA) is 56.2 Å². The summed E-state index contributed by atoms with van der Waals surface area (Å²) in [5.74, 6) is 2.42. The van der Waals surface area contributed by atoms with Gasteiger partial charge in [-0.05, 0) is 48.0 Å². The van der Waals surface area contributed by atoms with Crippen molar-refractivity contribution in [2.45, 2.75) is 37.9 Å². The largest absolute Gasteiger partial charge is 0.497 e.